The molecule has 1 unspecified atom stereocenters. The van der Waals surface area contributed by atoms with E-state index in [0.29, 0.717) is 17.1 Å². The van der Waals surface area contributed by atoms with Crippen LogP contribution in [0.3, 0.4) is 0 Å². The zero-order chi connectivity index (χ0) is 14.0. The van der Waals surface area contributed by atoms with Gasteiger partial charge in [-0.1, -0.05) is 25.4 Å². The van der Waals surface area contributed by atoms with Crippen LogP contribution in [0.2, 0.25) is 5.02 Å². The molecule has 0 radical (unpaired) electrons. The maximum atomic E-state index is 12.4. The van der Waals surface area contributed by atoms with E-state index in [0.717, 1.165) is 17.8 Å². The molecule has 1 atom stereocenters. The van der Waals surface area contributed by atoms with Crippen LogP contribution in [-0.2, 0) is 6.42 Å². The number of aromatic nitrogens is 2. The van der Waals surface area contributed by atoms with E-state index in [-0.39, 0.29) is 11.9 Å². The number of carbonyl (C=O) groups excluding carboxylic acids is 1. The van der Waals surface area contributed by atoms with E-state index in [1.807, 2.05) is 26.8 Å². The predicted molar refractivity (Wildman–Crippen MR) is 76.8 cm³/mol. The molecule has 0 saturated heterocycles. The lowest BCUT2D eigenvalue weighted by atomic mass is 10.2. The number of amides is 1. The monoisotopic (exact) mass is 279 g/mol. The van der Waals surface area contributed by atoms with Gasteiger partial charge >= 0.3 is 0 Å². The zero-order valence-corrected chi connectivity index (χ0v) is 12.2. The first-order chi connectivity index (χ1) is 9.06. The fourth-order valence-corrected chi connectivity index (χ4v) is 2.11. The zero-order valence-electron chi connectivity index (χ0n) is 11.4. The second-order valence-corrected chi connectivity index (χ2v) is 5.06. The average molecular weight is 280 g/mol. The van der Waals surface area contributed by atoms with Gasteiger partial charge in [0.15, 0.2) is 0 Å². The van der Waals surface area contributed by atoms with Crippen LogP contribution in [0.15, 0.2) is 18.3 Å². The van der Waals surface area contributed by atoms with E-state index in [1.165, 1.54) is 0 Å². The molecular weight excluding hydrogens is 262 g/mol. The van der Waals surface area contributed by atoms with Crippen molar-refractivity contribution < 1.29 is 4.79 Å². The van der Waals surface area contributed by atoms with Crippen molar-refractivity contribution in [3.05, 3.63) is 34.7 Å². The third-order valence-corrected chi connectivity index (χ3v) is 3.42. The number of rotatable bonds is 4. The maximum Gasteiger partial charge on any atom is 0.270 e. The van der Waals surface area contributed by atoms with Gasteiger partial charge < -0.3 is 5.32 Å². The van der Waals surface area contributed by atoms with Gasteiger partial charge in [0.25, 0.3) is 5.91 Å². The van der Waals surface area contributed by atoms with Crippen LogP contribution in [0.4, 0.5) is 0 Å². The molecule has 2 aromatic heterocycles. The van der Waals surface area contributed by atoms with Crippen molar-refractivity contribution >= 4 is 23.2 Å². The number of halogens is 1. The molecule has 0 aromatic carbocycles. The molecule has 2 rings (SSSR count). The number of hydrogen-bond donors (Lipinski definition) is 1. The Balaban J connectivity index is 2.50. The number of nitrogens with zero attached hydrogens (tertiary/aromatic N) is 2. The van der Waals surface area contributed by atoms with Gasteiger partial charge in [0.05, 0.1) is 10.7 Å². The first kappa shape index (κ1) is 13.9. The molecule has 1 amide bonds. The van der Waals surface area contributed by atoms with Crippen molar-refractivity contribution in [2.24, 2.45) is 0 Å². The van der Waals surface area contributed by atoms with Crippen LogP contribution < -0.4 is 5.32 Å². The molecule has 0 aliphatic rings. The summed E-state index contributed by atoms with van der Waals surface area (Å²) in [7, 11) is 0. The highest BCUT2D eigenvalue weighted by atomic mass is 35.5. The number of aryl methyl sites for hydroxylation is 1. The van der Waals surface area contributed by atoms with Gasteiger partial charge in [0.1, 0.15) is 11.3 Å². The quantitative estimate of drug-likeness (QED) is 0.935. The fourth-order valence-electron chi connectivity index (χ4n) is 1.95. The van der Waals surface area contributed by atoms with Crippen LogP contribution in [0, 0.1) is 0 Å². The molecule has 19 heavy (non-hydrogen) atoms. The van der Waals surface area contributed by atoms with Crippen molar-refractivity contribution in [3.8, 4) is 0 Å². The Bertz CT molecular complexity index is 606. The first-order valence-electron chi connectivity index (χ1n) is 6.54. The van der Waals surface area contributed by atoms with Crippen molar-refractivity contribution in [2.45, 2.75) is 39.7 Å². The first-order valence-corrected chi connectivity index (χ1v) is 6.92. The Labute approximate surface area is 117 Å². The summed E-state index contributed by atoms with van der Waals surface area (Å²) < 4.78 is 1.76. The van der Waals surface area contributed by atoms with Gasteiger partial charge in [0, 0.05) is 12.2 Å². The minimum absolute atomic E-state index is 0.0963. The molecule has 4 nitrogen and oxygen atoms in total. The Morgan fingerprint density at radius 3 is 2.84 bits per heavy atom. The van der Waals surface area contributed by atoms with Crippen LogP contribution in [0.25, 0.3) is 5.65 Å². The van der Waals surface area contributed by atoms with E-state index in [1.54, 1.807) is 16.7 Å². The fraction of sp³-hybridized carbons (Fsp3) is 0.429. The SMILES string of the molecule is CCc1nc2ccc(Cl)cn2c1C(=O)NC(C)CC. The van der Waals surface area contributed by atoms with Crippen molar-refractivity contribution in [2.75, 3.05) is 0 Å². The highest BCUT2D eigenvalue weighted by Crippen LogP contribution is 2.17. The Hall–Kier alpha value is -1.55. The lowest BCUT2D eigenvalue weighted by molar-refractivity contribution is 0.0932. The topological polar surface area (TPSA) is 46.4 Å². The highest BCUT2D eigenvalue weighted by molar-refractivity contribution is 6.30. The summed E-state index contributed by atoms with van der Waals surface area (Å²) in [6.45, 7) is 6.01. The molecule has 2 aromatic rings. The summed E-state index contributed by atoms with van der Waals surface area (Å²) in [6, 6.07) is 3.74. The molecular formula is C14H18ClN3O. The Morgan fingerprint density at radius 1 is 1.47 bits per heavy atom. The standard InChI is InChI=1S/C14H18ClN3O/c1-4-9(3)16-14(19)13-11(5-2)17-12-7-6-10(15)8-18(12)13/h6-9H,4-5H2,1-3H3,(H,16,19). The van der Waals surface area contributed by atoms with Gasteiger partial charge in [0.2, 0.25) is 0 Å². The molecule has 0 aliphatic carbocycles. The van der Waals surface area contributed by atoms with E-state index < -0.39 is 0 Å². The van der Waals surface area contributed by atoms with Gasteiger partial charge in [-0.05, 0) is 31.9 Å². The minimum atomic E-state index is -0.0963. The number of imidazole rings is 1. The second-order valence-electron chi connectivity index (χ2n) is 4.62. The third-order valence-electron chi connectivity index (χ3n) is 3.19. The van der Waals surface area contributed by atoms with Gasteiger partial charge in [-0.15, -0.1) is 0 Å². The molecule has 0 fully saturated rings. The van der Waals surface area contributed by atoms with Crippen molar-refractivity contribution in [3.63, 3.8) is 0 Å². The lowest BCUT2D eigenvalue weighted by Crippen LogP contribution is -2.33. The Kier molecular flexibility index (Phi) is 4.10. The van der Waals surface area contributed by atoms with Gasteiger partial charge in [-0.2, -0.15) is 0 Å². The normalized spacial score (nSPS) is 12.6. The molecule has 1 N–H and O–H groups in total. The van der Waals surface area contributed by atoms with E-state index in [9.17, 15) is 4.79 Å². The summed E-state index contributed by atoms with van der Waals surface area (Å²) in [5.74, 6) is -0.0963. The largest absolute Gasteiger partial charge is 0.348 e. The van der Waals surface area contributed by atoms with E-state index in [2.05, 4.69) is 10.3 Å². The third kappa shape index (κ3) is 2.73. The summed E-state index contributed by atoms with van der Waals surface area (Å²) in [4.78, 5) is 16.8. The molecule has 2 heterocycles. The lowest BCUT2D eigenvalue weighted by Gasteiger charge is -2.12. The smallest absolute Gasteiger partial charge is 0.270 e. The second kappa shape index (κ2) is 5.61. The molecule has 5 heteroatoms. The van der Waals surface area contributed by atoms with Gasteiger partial charge in [-0.25, -0.2) is 4.98 Å². The van der Waals surface area contributed by atoms with Crippen LogP contribution in [0.5, 0.6) is 0 Å². The van der Waals surface area contributed by atoms with Gasteiger partial charge in [-0.3, -0.25) is 9.20 Å². The average Bonchev–Trinajstić information content (AvgIpc) is 2.76. The van der Waals surface area contributed by atoms with E-state index in [4.69, 9.17) is 11.6 Å². The van der Waals surface area contributed by atoms with Crippen molar-refractivity contribution in [1.82, 2.24) is 14.7 Å². The summed E-state index contributed by atoms with van der Waals surface area (Å²) >= 11 is 6.00. The Morgan fingerprint density at radius 2 is 2.21 bits per heavy atom. The number of pyridine rings is 1. The maximum absolute atomic E-state index is 12.4. The van der Waals surface area contributed by atoms with Crippen molar-refractivity contribution in [1.29, 1.82) is 0 Å². The number of nitrogens with one attached hydrogen (secondary N) is 1. The molecule has 0 saturated carbocycles. The van der Waals surface area contributed by atoms with Crippen LogP contribution in [0.1, 0.15) is 43.4 Å². The summed E-state index contributed by atoms with van der Waals surface area (Å²) in [5.41, 5.74) is 2.12. The highest BCUT2D eigenvalue weighted by Gasteiger charge is 2.19. The summed E-state index contributed by atoms with van der Waals surface area (Å²) in [6.07, 6.45) is 3.34. The number of hydrogen-bond acceptors (Lipinski definition) is 2. The van der Waals surface area contributed by atoms with Crippen LogP contribution >= 0.6 is 11.6 Å². The molecule has 102 valence electrons. The van der Waals surface area contributed by atoms with E-state index >= 15 is 0 Å². The molecule has 0 aliphatic heterocycles. The number of carbonyl (C=O) groups is 1. The summed E-state index contributed by atoms with van der Waals surface area (Å²) in [5, 5.41) is 3.56. The van der Waals surface area contributed by atoms with Crippen LogP contribution in [-0.4, -0.2) is 21.3 Å². The predicted octanol–water partition coefficient (Wildman–Crippen LogP) is 3.08. The molecule has 0 bridgehead atoms. The number of fused-ring (bicyclic) bond motifs is 1. The minimum Gasteiger partial charge on any atom is -0.348 e. The molecule has 0 spiro atoms.